The van der Waals surface area contributed by atoms with Crippen LogP contribution >= 0.6 is 0 Å². The first-order valence-corrected chi connectivity index (χ1v) is 8.68. The van der Waals surface area contributed by atoms with E-state index in [1.807, 2.05) is 41.3 Å². The van der Waals surface area contributed by atoms with Crippen LogP contribution in [-0.2, 0) is 11.3 Å². The van der Waals surface area contributed by atoms with E-state index in [-0.39, 0.29) is 11.8 Å². The number of hydrogen-bond donors (Lipinski definition) is 0. The van der Waals surface area contributed by atoms with Crippen molar-refractivity contribution in [2.45, 2.75) is 13.5 Å². The Kier molecular flexibility index (Phi) is 5.46. The van der Waals surface area contributed by atoms with Crippen molar-refractivity contribution in [3.05, 3.63) is 53.7 Å². The first-order valence-electron chi connectivity index (χ1n) is 8.68. The lowest BCUT2D eigenvalue weighted by Gasteiger charge is -2.34. The molecule has 1 aromatic carbocycles. The predicted molar refractivity (Wildman–Crippen MR) is 98.7 cm³/mol. The van der Waals surface area contributed by atoms with Gasteiger partial charge >= 0.3 is 0 Å². The van der Waals surface area contributed by atoms with Gasteiger partial charge in [0.05, 0.1) is 0 Å². The van der Waals surface area contributed by atoms with Crippen LogP contribution in [0.4, 0.5) is 5.82 Å². The lowest BCUT2D eigenvalue weighted by molar-refractivity contribution is -0.129. The average molecular weight is 353 g/mol. The van der Waals surface area contributed by atoms with Gasteiger partial charge in [-0.25, -0.2) is 0 Å². The molecule has 0 spiro atoms. The molecule has 1 saturated heterocycles. The van der Waals surface area contributed by atoms with E-state index in [9.17, 15) is 9.59 Å². The molecular formula is C19H23N5O2. The number of carbonyl (C=O) groups is 2. The highest BCUT2D eigenvalue weighted by atomic mass is 16.2. The summed E-state index contributed by atoms with van der Waals surface area (Å²) in [5.41, 5.74) is 1.39. The average Bonchev–Trinajstić information content (AvgIpc) is 2.68. The van der Waals surface area contributed by atoms with Gasteiger partial charge in [0.15, 0.2) is 11.5 Å². The van der Waals surface area contributed by atoms with Crippen LogP contribution in [0, 0.1) is 0 Å². The predicted octanol–water partition coefficient (Wildman–Crippen LogP) is 1.42. The van der Waals surface area contributed by atoms with E-state index in [2.05, 4.69) is 15.1 Å². The Hall–Kier alpha value is -2.96. The Morgan fingerprint density at radius 3 is 2.27 bits per heavy atom. The van der Waals surface area contributed by atoms with Gasteiger partial charge in [-0.05, 0) is 17.7 Å². The summed E-state index contributed by atoms with van der Waals surface area (Å²) < 4.78 is 0. The molecule has 0 N–H and O–H groups in total. The zero-order valence-electron chi connectivity index (χ0n) is 15.1. The summed E-state index contributed by atoms with van der Waals surface area (Å²) in [4.78, 5) is 29.4. The third kappa shape index (κ3) is 4.17. The fraction of sp³-hybridized carbons (Fsp3) is 0.368. The number of anilines is 1. The molecule has 2 heterocycles. The molecule has 1 aliphatic rings. The van der Waals surface area contributed by atoms with Crippen LogP contribution in [-0.4, -0.2) is 65.0 Å². The molecule has 136 valence electrons. The topological polar surface area (TPSA) is 69.6 Å². The van der Waals surface area contributed by atoms with Crippen LogP contribution in [0.1, 0.15) is 23.0 Å². The lowest BCUT2D eigenvalue weighted by Crippen LogP contribution is -2.48. The summed E-state index contributed by atoms with van der Waals surface area (Å²) >= 11 is 0. The van der Waals surface area contributed by atoms with Gasteiger partial charge in [0.2, 0.25) is 5.91 Å². The molecule has 3 rings (SSSR count). The zero-order chi connectivity index (χ0) is 18.5. The monoisotopic (exact) mass is 353 g/mol. The number of hydrogen-bond acceptors (Lipinski definition) is 5. The summed E-state index contributed by atoms with van der Waals surface area (Å²) in [5, 5.41) is 8.31. The maximum absolute atomic E-state index is 12.5. The molecule has 0 bridgehead atoms. The number of nitrogens with zero attached hydrogens (tertiary/aromatic N) is 5. The molecule has 0 aliphatic carbocycles. The third-order valence-corrected chi connectivity index (χ3v) is 4.53. The van der Waals surface area contributed by atoms with E-state index < -0.39 is 0 Å². The van der Waals surface area contributed by atoms with E-state index in [1.165, 1.54) is 0 Å². The van der Waals surface area contributed by atoms with Crippen molar-refractivity contribution < 1.29 is 9.59 Å². The van der Waals surface area contributed by atoms with E-state index in [0.717, 1.165) is 24.5 Å². The molecule has 7 nitrogen and oxygen atoms in total. The molecule has 26 heavy (non-hydrogen) atoms. The summed E-state index contributed by atoms with van der Waals surface area (Å²) in [6.07, 6.45) is 0. The largest absolute Gasteiger partial charge is 0.352 e. The maximum atomic E-state index is 12.5. The minimum atomic E-state index is -0.158. The van der Waals surface area contributed by atoms with Crippen LogP contribution in [0.15, 0.2) is 42.5 Å². The standard InChI is InChI=1S/C19H23N5O2/c1-15(25)23-10-12-24(13-11-23)18-9-8-17(20-21-18)19(26)22(2)14-16-6-4-3-5-7-16/h3-9H,10-14H2,1-2H3. The number of rotatable bonds is 4. The Balaban J connectivity index is 1.60. The highest BCUT2D eigenvalue weighted by molar-refractivity contribution is 5.92. The SMILES string of the molecule is CC(=O)N1CCN(c2ccc(C(=O)N(C)Cc3ccccc3)nn2)CC1. The van der Waals surface area contributed by atoms with E-state index in [1.54, 1.807) is 24.9 Å². The van der Waals surface area contributed by atoms with Gasteiger partial charge in [0, 0.05) is 46.7 Å². The second-order valence-corrected chi connectivity index (χ2v) is 6.42. The van der Waals surface area contributed by atoms with Gasteiger partial charge in [-0.3, -0.25) is 9.59 Å². The Morgan fingerprint density at radius 2 is 1.69 bits per heavy atom. The summed E-state index contributed by atoms with van der Waals surface area (Å²) in [5.74, 6) is 0.669. The minimum Gasteiger partial charge on any atom is -0.352 e. The van der Waals surface area contributed by atoms with Crippen molar-refractivity contribution in [1.29, 1.82) is 0 Å². The molecular weight excluding hydrogens is 330 g/mol. The normalized spacial score (nSPS) is 14.2. The van der Waals surface area contributed by atoms with Crippen LogP contribution in [0.25, 0.3) is 0 Å². The van der Waals surface area contributed by atoms with Crippen molar-refractivity contribution in [2.75, 3.05) is 38.1 Å². The number of amides is 2. The van der Waals surface area contributed by atoms with Crippen molar-refractivity contribution in [3.8, 4) is 0 Å². The van der Waals surface area contributed by atoms with Gasteiger partial charge in [-0.15, -0.1) is 10.2 Å². The first kappa shape index (κ1) is 17.8. The quantitative estimate of drug-likeness (QED) is 0.831. The Morgan fingerprint density at radius 1 is 1.00 bits per heavy atom. The van der Waals surface area contributed by atoms with E-state index in [0.29, 0.717) is 25.3 Å². The molecule has 0 unspecified atom stereocenters. The lowest BCUT2D eigenvalue weighted by atomic mass is 10.2. The summed E-state index contributed by atoms with van der Waals surface area (Å²) in [6, 6.07) is 13.4. The second kappa shape index (κ2) is 7.95. The van der Waals surface area contributed by atoms with E-state index in [4.69, 9.17) is 0 Å². The van der Waals surface area contributed by atoms with Crippen LogP contribution in [0.5, 0.6) is 0 Å². The van der Waals surface area contributed by atoms with Crippen molar-refractivity contribution in [1.82, 2.24) is 20.0 Å². The molecule has 2 amide bonds. The molecule has 1 fully saturated rings. The van der Waals surface area contributed by atoms with Crippen molar-refractivity contribution in [3.63, 3.8) is 0 Å². The Labute approximate surface area is 153 Å². The summed E-state index contributed by atoms with van der Waals surface area (Å²) in [7, 11) is 1.76. The second-order valence-electron chi connectivity index (χ2n) is 6.42. The number of benzene rings is 1. The minimum absolute atomic E-state index is 0.0955. The van der Waals surface area contributed by atoms with Crippen LogP contribution < -0.4 is 4.90 Å². The molecule has 0 saturated carbocycles. The molecule has 7 heteroatoms. The number of carbonyl (C=O) groups excluding carboxylic acids is 2. The van der Waals surface area contributed by atoms with Gasteiger partial charge in [0.25, 0.3) is 5.91 Å². The number of piperazine rings is 1. The Bertz CT molecular complexity index is 755. The summed E-state index contributed by atoms with van der Waals surface area (Å²) in [6.45, 7) is 4.90. The smallest absolute Gasteiger partial charge is 0.274 e. The third-order valence-electron chi connectivity index (χ3n) is 4.53. The van der Waals surface area contributed by atoms with Gasteiger partial charge < -0.3 is 14.7 Å². The van der Waals surface area contributed by atoms with Crippen LogP contribution in [0.3, 0.4) is 0 Å². The van der Waals surface area contributed by atoms with Crippen LogP contribution in [0.2, 0.25) is 0 Å². The first-order chi connectivity index (χ1) is 12.5. The molecule has 2 aromatic rings. The molecule has 0 atom stereocenters. The highest BCUT2D eigenvalue weighted by Gasteiger charge is 2.21. The van der Waals surface area contributed by atoms with Crippen molar-refractivity contribution >= 4 is 17.6 Å². The highest BCUT2D eigenvalue weighted by Crippen LogP contribution is 2.14. The van der Waals surface area contributed by atoms with Gasteiger partial charge in [-0.2, -0.15) is 0 Å². The molecule has 1 aliphatic heterocycles. The van der Waals surface area contributed by atoms with Crippen molar-refractivity contribution in [2.24, 2.45) is 0 Å². The molecule has 1 aromatic heterocycles. The zero-order valence-corrected chi connectivity index (χ0v) is 15.1. The molecule has 0 radical (unpaired) electrons. The van der Waals surface area contributed by atoms with Gasteiger partial charge in [-0.1, -0.05) is 30.3 Å². The fourth-order valence-corrected chi connectivity index (χ4v) is 2.98. The fourth-order valence-electron chi connectivity index (χ4n) is 2.98. The maximum Gasteiger partial charge on any atom is 0.274 e. The number of aromatic nitrogens is 2. The van der Waals surface area contributed by atoms with Gasteiger partial charge in [0.1, 0.15) is 0 Å². The van der Waals surface area contributed by atoms with E-state index >= 15 is 0 Å².